The molecule has 2 aliphatic carbocycles. The molecule has 2 bridgehead atoms. The van der Waals surface area contributed by atoms with Gasteiger partial charge in [-0.2, -0.15) is 0 Å². The third kappa shape index (κ3) is 1.44. The van der Waals surface area contributed by atoms with Crippen molar-refractivity contribution in [2.45, 2.75) is 45.0 Å². The summed E-state index contributed by atoms with van der Waals surface area (Å²) < 4.78 is 11.2. The van der Waals surface area contributed by atoms with Crippen LogP contribution in [0.15, 0.2) is 0 Å². The van der Waals surface area contributed by atoms with Gasteiger partial charge in [0.15, 0.2) is 0 Å². The molecule has 0 N–H and O–H groups in total. The fourth-order valence-electron chi connectivity index (χ4n) is 4.48. The van der Waals surface area contributed by atoms with Crippen LogP contribution in [-0.4, -0.2) is 41.9 Å². The van der Waals surface area contributed by atoms with Crippen molar-refractivity contribution in [1.82, 2.24) is 4.90 Å². The molecule has 0 aromatic rings. The van der Waals surface area contributed by atoms with Gasteiger partial charge in [-0.3, -0.25) is 0 Å². The smallest absolute Gasteiger partial charge is 0.410 e. The van der Waals surface area contributed by atoms with Crippen molar-refractivity contribution in [3.63, 3.8) is 0 Å². The lowest BCUT2D eigenvalue weighted by Crippen LogP contribution is -2.36. The molecule has 2 aliphatic heterocycles. The Morgan fingerprint density at radius 1 is 1.11 bits per heavy atom. The first kappa shape index (κ1) is 11.1. The molecule has 0 radical (unpaired) electrons. The fourth-order valence-corrected chi connectivity index (χ4v) is 4.48. The predicted octanol–water partition coefficient (Wildman–Crippen LogP) is 1.89. The summed E-state index contributed by atoms with van der Waals surface area (Å²) >= 11 is 0. The standard InChI is InChI=1S/C14H21NO3/c1-14(2,3)18-13(16)15-5-9-7-4-8(10(9)6-15)12-11(7)17-12/h7-12H,4-6H2,1-3H3/t7-,8-,9-,10+,11-,12+/m1/s1. The number of rotatable bonds is 0. The minimum atomic E-state index is -0.390. The number of likely N-dealkylation sites (tertiary alicyclic amines) is 1. The predicted molar refractivity (Wildman–Crippen MR) is 65.0 cm³/mol. The highest BCUT2D eigenvalue weighted by Gasteiger charge is 2.69. The van der Waals surface area contributed by atoms with Gasteiger partial charge in [0.1, 0.15) is 5.60 Å². The summed E-state index contributed by atoms with van der Waals surface area (Å²) in [6.07, 6.45) is 2.28. The molecule has 2 saturated carbocycles. The van der Waals surface area contributed by atoms with E-state index in [4.69, 9.17) is 9.47 Å². The van der Waals surface area contributed by atoms with Crippen molar-refractivity contribution in [3.8, 4) is 0 Å². The molecule has 4 rings (SSSR count). The number of carbonyl (C=O) groups excluding carboxylic acids is 1. The van der Waals surface area contributed by atoms with E-state index in [1.165, 1.54) is 6.42 Å². The summed E-state index contributed by atoms with van der Waals surface area (Å²) in [5.74, 6) is 2.78. The van der Waals surface area contributed by atoms with Crippen LogP contribution >= 0.6 is 0 Å². The zero-order chi connectivity index (χ0) is 12.7. The SMILES string of the molecule is CC(C)(C)OC(=O)N1C[C@@H]2[C@H](C1)[C@H]1C[C@H]2[C@@H]2O[C@H]12. The average molecular weight is 251 g/mol. The van der Waals surface area contributed by atoms with Gasteiger partial charge < -0.3 is 14.4 Å². The molecule has 1 amide bonds. The van der Waals surface area contributed by atoms with Crippen LogP contribution in [0.4, 0.5) is 4.79 Å². The molecule has 0 spiro atoms. The summed E-state index contributed by atoms with van der Waals surface area (Å²) in [7, 11) is 0. The molecule has 0 aromatic heterocycles. The second-order valence-electron chi connectivity index (χ2n) is 7.34. The maximum Gasteiger partial charge on any atom is 0.410 e. The highest BCUT2D eigenvalue weighted by atomic mass is 16.6. The molecule has 4 aliphatic rings. The lowest BCUT2D eigenvalue weighted by atomic mass is 9.82. The van der Waals surface area contributed by atoms with E-state index in [9.17, 15) is 4.79 Å². The zero-order valence-electron chi connectivity index (χ0n) is 11.3. The van der Waals surface area contributed by atoms with Gasteiger partial charge in [0, 0.05) is 13.1 Å². The van der Waals surface area contributed by atoms with Crippen molar-refractivity contribution in [3.05, 3.63) is 0 Å². The zero-order valence-corrected chi connectivity index (χ0v) is 11.3. The minimum Gasteiger partial charge on any atom is -0.444 e. The largest absolute Gasteiger partial charge is 0.444 e. The lowest BCUT2D eigenvalue weighted by Gasteiger charge is -2.25. The molecule has 4 nitrogen and oxygen atoms in total. The van der Waals surface area contributed by atoms with Crippen molar-refractivity contribution in [2.24, 2.45) is 23.7 Å². The van der Waals surface area contributed by atoms with E-state index in [2.05, 4.69) is 0 Å². The summed E-state index contributed by atoms with van der Waals surface area (Å²) in [6, 6.07) is 0. The van der Waals surface area contributed by atoms with Gasteiger partial charge in [-0.25, -0.2) is 4.79 Å². The summed E-state index contributed by atoms with van der Waals surface area (Å²) in [5.41, 5.74) is -0.390. The monoisotopic (exact) mass is 251 g/mol. The number of amides is 1. The first-order chi connectivity index (χ1) is 8.44. The van der Waals surface area contributed by atoms with E-state index in [-0.39, 0.29) is 11.7 Å². The number of hydrogen-bond acceptors (Lipinski definition) is 3. The van der Waals surface area contributed by atoms with Crippen molar-refractivity contribution in [2.75, 3.05) is 13.1 Å². The van der Waals surface area contributed by atoms with Crippen LogP contribution < -0.4 is 0 Å². The average Bonchev–Trinajstić information content (AvgIpc) is 2.68. The van der Waals surface area contributed by atoms with Gasteiger partial charge in [-0.15, -0.1) is 0 Å². The van der Waals surface area contributed by atoms with Crippen LogP contribution in [-0.2, 0) is 9.47 Å². The maximum atomic E-state index is 12.1. The number of hydrogen-bond donors (Lipinski definition) is 0. The number of ether oxygens (including phenoxy) is 2. The summed E-state index contributed by atoms with van der Waals surface area (Å²) in [5, 5.41) is 0. The van der Waals surface area contributed by atoms with Crippen LogP contribution in [0, 0.1) is 23.7 Å². The molecule has 6 atom stereocenters. The van der Waals surface area contributed by atoms with Gasteiger partial charge in [-0.1, -0.05) is 0 Å². The van der Waals surface area contributed by atoms with E-state index < -0.39 is 0 Å². The Labute approximate surface area is 108 Å². The van der Waals surface area contributed by atoms with Crippen LogP contribution in [0.5, 0.6) is 0 Å². The number of epoxide rings is 1. The van der Waals surface area contributed by atoms with Crippen LogP contribution in [0.25, 0.3) is 0 Å². The normalized spacial score (nSPS) is 48.1. The molecular weight excluding hydrogens is 230 g/mol. The van der Waals surface area contributed by atoms with Gasteiger partial charge in [0.2, 0.25) is 0 Å². The van der Waals surface area contributed by atoms with Gasteiger partial charge in [0.05, 0.1) is 12.2 Å². The van der Waals surface area contributed by atoms with Crippen molar-refractivity contribution < 1.29 is 14.3 Å². The Balaban J connectivity index is 1.45. The molecular formula is C14H21NO3. The Hall–Kier alpha value is -0.770. The number of carbonyl (C=O) groups is 1. The number of nitrogens with zero attached hydrogens (tertiary/aromatic N) is 1. The molecule has 100 valence electrons. The topological polar surface area (TPSA) is 42.1 Å². The molecule has 2 saturated heterocycles. The highest BCUT2D eigenvalue weighted by molar-refractivity contribution is 5.68. The molecule has 2 heterocycles. The third-order valence-corrected chi connectivity index (χ3v) is 5.11. The molecule has 18 heavy (non-hydrogen) atoms. The second-order valence-corrected chi connectivity index (χ2v) is 7.34. The Morgan fingerprint density at radius 2 is 1.67 bits per heavy atom. The maximum absolute atomic E-state index is 12.1. The number of fused-ring (bicyclic) bond motifs is 8. The van der Waals surface area contributed by atoms with Gasteiger partial charge >= 0.3 is 6.09 Å². The van der Waals surface area contributed by atoms with E-state index in [0.29, 0.717) is 24.0 Å². The van der Waals surface area contributed by atoms with Crippen molar-refractivity contribution >= 4 is 6.09 Å². The summed E-state index contributed by atoms with van der Waals surface area (Å²) in [4.78, 5) is 14.0. The van der Waals surface area contributed by atoms with Crippen LogP contribution in [0.3, 0.4) is 0 Å². The molecule has 4 heteroatoms. The van der Waals surface area contributed by atoms with E-state index in [0.717, 1.165) is 24.9 Å². The van der Waals surface area contributed by atoms with Crippen molar-refractivity contribution in [1.29, 1.82) is 0 Å². The van der Waals surface area contributed by atoms with Crippen LogP contribution in [0.1, 0.15) is 27.2 Å². The first-order valence-electron chi connectivity index (χ1n) is 7.07. The quantitative estimate of drug-likeness (QED) is 0.617. The second kappa shape index (κ2) is 3.21. The van der Waals surface area contributed by atoms with E-state index in [1.54, 1.807) is 0 Å². The Kier molecular flexibility index (Phi) is 1.98. The van der Waals surface area contributed by atoms with Crippen LogP contribution in [0.2, 0.25) is 0 Å². The highest BCUT2D eigenvalue weighted by Crippen LogP contribution is 2.63. The molecule has 0 unspecified atom stereocenters. The van der Waals surface area contributed by atoms with E-state index in [1.807, 2.05) is 25.7 Å². The lowest BCUT2D eigenvalue weighted by molar-refractivity contribution is 0.0268. The fraction of sp³-hybridized carbons (Fsp3) is 0.929. The van der Waals surface area contributed by atoms with E-state index >= 15 is 0 Å². The molecule has 0 aromatic carbocycles. The molecule has 4 fully saturated rings. The minimum absolute atomic E-state index is 0.133. The van der Waals surface area contributed by atoms with Gasteiger partial charge in [-0.05, 0) is 50.9 Å². The first-order valence-corrected chi connectivity index (χ1v) is 7.07. The Morgan fingerprint density at radius 3 is 2.17 bits per heavy atom. The Bertz CT molecular complexity index is 380. The summed E-state index contributed by atoms with van der Waals surface area (Å²) in [6.45, 7) is 7.54. The van der Waals surface area contributed by atoms with Gasteiger partial charge in [0.25, 0.3) is 0 Å². The third-order valence-electron chi connectivity index (χ3n) is 5.11.